The van der Waals surface area contributed by atoms with Crippen molar-refractivity contribution in [1.29, 1.82) is 0 Å². The number of aliphatic imine (C=N–C) groups is 1. The highest BCUT2D eigenvalue weighted by atomic mass is 127. The number of imide groups is 1. The van der Waals surface area contributed by atoms with Crippen LogP contribution in [0.2, 0.25) is 0 Å². The summed E-state index contributed by atoms with van der Waals surface area (Å²) >= 11 is 0. The standard InChI is InChI=1S/C21H33N5O2.HI/c1-3-8-25-9-6-14(13-25)12-24-21(22-2)23-7-10-26-19(27)17-15-4-5-16(11-15)18(17)20(26)28;/h4-5,14-18H,3,6-13H2,1-2H3,(H2,22,23,24);1H. The molecule has 2 saturated heterocycles. The Hall–Kier alpha value is -1.16. The van der Waals surface area contributed by atoms with Gasteiger partial charge in [-0.1, -0.05) is 19.1 Å². The Morgan fingerprint density at radius 3 is 2.45 bits per heavy atom. The minimum atomic E-state index is -0.103. The summed E-state index contributed by atoms with van der Waals surface area (Å²) in [5, 5.41) is 6.66. The highest BCUT2D eigenvalue weighted by Gasteiger charge is 2.58. The summed E-state index contributed by atoms with van der Waals surface area (Å²) in [6.45, 7) is 7.59. The van der Waals surface area contributed by atoms with Crippen LogP contribution in [-0.2, 0) is 9.59 Å². The van der Waals surface area contributed by atoms with Crippen LogP contribution in [-0.4, -0.2) is 73.9 Å². The number of rotatable bonds is 7. The van der Waals surface area contributed by atoms with Crippen molar-refractivity contribution in [1.82, 2.24) is 20.4 Å². The average Bonchev–Trinajstić information content (AvgIpc) is 3.45. The first-order chi connectivity index (χ1) is 13.6. The monoisotopic (exact) mass is 515 g/mol. The van der Waals surface area contributed by atoms with Gasteiger partial charge in [0.1, 0.15) is 0 Å². The number of likely N-dealkylation sites (tertiary alicyclic amines) is 2. The second-order valence-corrected chi connectivity index (χ2v) is 8.66. The molecule has 8 heteroatoms. The Morgan fingerprint density at radius 2 is 1.83 bits per heavy atom. The van der Waals surface area contributed by atoms with Crippen molar-refractivity contribution >= 4 is 41.8 Å². The molecule has 3 fully saturated rings. The average molecular weight is 515 g/mol. The molecule has 162 valence electrons. The van der Waals surface area contributed by atoms with Crippen molar-refractivity contribution in [3.05, 3.63) is 12.2 Å². The van der Waals surface area contributed by atoms with Crippen LogP contribution in [0, 0.1) is 29.6 Å². The van der Waals surface area contributed by atoms with E-state index in [1.165, 1.54) is 30.8 Å². The van der Waals surface area contributed by atoms with E-state index >= 15 is 0 Å². The van der Waals surface area contributed by atoms with Crippen LogP contribution in [0.1, 0.15) is 26.2 Å². The van der Waals surface area contributed by atoms with Gasteiger partial charge in [0.15, 0.2) is 5.96 Å². The fraction of sp³-hybridized carbons (Fsp3) is 0.762. The van der Waals surface area contributed by atoms with Crippen LogP contribution in [0.25, 0.3) is 0 Å². The molecule has 1 saturated carbocycles. The third-order valence-corrected chi connectivity index (χ3v) is 6.88. The highest BCUT2D eigenvalue weighted by molar-refractivity contribution is 14.0. The highest BCUT2D eigenvalue weighted by Crippen LogP contribution is 2.52. The zero-order valence-corrected chi connectivity index (χ0v) is 19.8. The lowest BCUT2D eigenvalue weighted by Crippen LogP contribution is -2.45. The second kappa shape index (κ2) is 9.76. The smallest absolute Gasteiger partial charge is 0.233 e. The number of amides is 2. The van der Waals surface area contributed by atoms with Gasteiger partial charge in [-0.25, -0.2) is 0 Å². The third-order valence-electron chi connectivity index (χ3n) is 6.88. The number of guanidine groups is 1. The number of hydrogen-bond acceptors (Lipinski definition) is 4. The molecule has 2 aliphatic heterocycles. The van der Waals surface area contributed by atoms with Gasteiger partial charge >= 0.3 is 0 Å². The summed E-state index contributed by atoms with van der Waals surface area (Å²) in [6.07, 6.45) is 7.67. The first-order valence-electron chi connectivity index (χ1n) is 10.8. The van der Waals surface area contributed by atoms with Gasteiger partial charge in [-0.3, -0.25) is 19.5 Å². The lowest BCUT2D eigenvalue weighted by atomic mass is 9.85. The largest absolute Gasteiger partial charge is 0.356 e. The van der Waals surface area contributed by atoms with Gasteiger partial charge in [0.2, 0.25) is 11.8 Å². The van der Waals surface area contributed by atoms with Gasteiger partial charge in [-0.2, -0.15) is 0 Å². The molecule has 7 nitrogen and oxygen atoms in total. The lowest BCUT2D eigenvalue weighted by molar-refractivity contribution is -0.140. The van der Waals surface area contributed by atoms with Gasteiger partial charge in [-0.05, 0) is 50.1 Å². The molecule has 29 heavy (non-hydrogen) atoms. The molecular formula is C21H34IN5O2. The summed E-state index contributed by atoms with van der Waals surface area (Å²) in [6, 6.07) is 0. The van der Waals surface area contributed by atoms with Crippen molar-refractivity contribution in [2.24, 2.45) is 34.6 Å². The number of fused-ring (bicyclic) bond motifs is 5. The predicted molar refractivity (Wildman–Crippen MR) is 124 cm³/mol. The second-order valence-electron chi connectivity index (χ2n) is 8.66. The lowest BCUT2D eigenvalue weighted by Gasteiger charge is -2.19. The predicted octanol–water partition coefficient (Wildman–Crippen LogP) is 1.31. The van der Waals surface area contributed by atoms with E-state index < -0.39 is 0 Å². The normalized spacial score (nSPS) is 33.4. The topological polar surface area (TPSA) is 77.0 Å². The quantitative estimate of drug-likeness (QED) is 0.176. The zero-order valence-electron chi connectivity index (χ0n) is 17.5. The summed E-state index contributed by atoms with van der Waals surface area (Å²) < 4.78 is 0. The first kappa shape index (κ1) is 22.5. The molecule has 2 aliphatic carbocycles. The molecule has 0 aromatic carbocycles. The van der Waals surface area contributed by atoms with Gasteiger partial charge in [0.25, 0.3) is 0 Å². The molecule has 4 rings (SSSR count). The Balaban J connectivity index is 0.00000240. The van der Waals surface area contributed by atoms with E-state index in [9.17, 15) is 9.59 Å². The van der Waals surface area contributed by atoms with Gasteiger partial charge in [-0.15, -0.1) is 24.0 Å². The van der Waals surface area contributed by atoms with Gasteiger partial charge in [0.05, 0.1) is 11.8 Å². The van der Waals surface area contributed by atoms with Crippen LogP contribution in [0.3, 0.4) is 0 Å². The zero-order chi connectivity index (χ0) is 19.7. The van der Waals surface area contributed by atoms with Crippen LogP contribution < -0.4 is 10.6 Å². The first-order valence-corrected chi connectivity index (χ1v) is 10.8. The number of carbonyl (C=O) groups is 2. The molecule has 0 radical (unpaired) electrons. The molecule has 2 heterocycles. The van der Waals surface area contributed by atoms with E-state index in [0.717, 1.165) is 25.5 Å². The van der Waals surface area contributed by atoms with E-state index in [1.807, 2.05) is 0 Å². The maximum atomic E-state index is 12.7. The number of allylic oxidation sites excluding steroid dienone is 2. The molecule has 5 atom stereocenters. The molecule has 5 unspecified atom stereocenters. The molecule has 2 N–H and O–H groups in total. The minimum absolute atomic E-state index is 0. The molecule has 2 amide bonds. The summed E-state index contributed by atoms with van der Waals surface area (Å²) in [5.41, 5.74) is 0. The van der Waals surface area contributed by atoms with Gasteiger partial charge in [0, 0.05) is 33.2 Å². The third kappa shape index (κ3) is 4.47. The molecular weight excluding hydrogens is 481 g/mol. The molecule has 0 aromatic rings. The summed E-state index contributed by atoms with van der Waals surface area (Å²) in [5.74, 6) is 1.79. The number of nitrogens with zero attached hydrogens (tertiary/aromatic N) is 3. The Morgan fingerprint density at radius 1 is 1.14 bits per heavy atom. The van der Waals surface area contributed by atoms with Crippen molar-refractivity contribution < 1.29 is 9.59 Å². The van der Waals surface area contributed by atoms with Crippen LogP contribution >= 0.6 is 24.0 Å². The van der Waals surface area contributed by atoms with E-state index in [1.54, 1.807) is 7.05 Å². The number of carbonyl (C=O) groups excluding carboxylic acids is 2. The fourth-order valence-corrected chi connectivity index (χ4v) is 5.53. The maximum absolute atomic E-state index is 12.7. The van der Waals surface area contributed by atoms with Gasteiger partial charge < -0.3 is 15.5 Å². The SMILES string of the molecule is CCCN1CCC(CNC(=NC)NCCN2C(=O)C3C4C=CC(C4)C3C2=O)C1.I. The van der Waals surface area contributed by atoms with E-state index in [-0.39, 0.29) is 59.5 Å². The minimum Gasteiger partial charge on any atom is -0.356 e. The molecule has 0 spiro atoms. The number of halogens is 1. The van der Waals surface area contributed by atoms with Crippen molar-refractivity contribution in [3.63, 3.8) is 0 Å². The van der Waals surface area contributed by atoms with Crippen molar-refractivity contribution in [3.8, 4) is 0 Å². The summed E-state index contributed by atoms with van der Waals surface area (Å²) in [4.78, 5) is 33.7. The Bertz CT molecular complexity index is 652. The molecule has 2 bridgehead atoms. The van der Waals surface area contributed by atoms with E-state index in [4.69, 9.17) is 0 Å². The Kier molecular flexibility index (Phi) is 7.58. The number of hydrogen-bond donors (Lipinski definition) is 2. The number of nitrogens with one attached hydrogen (secondary N) is 2. The van der Waals surface area contributed by atoms with Crippen molar-refractivity contribution in [2.75, 3.05) is 46.3 Å². The van der Waals surface area contributed by atoms with Crippen LogP contribution in [0.15, 0.2) is 17.1 Å². The van der Waals surface area contributed by atoms with E-state index in [2.05, 4.69) is 39.6 Å². The Labute approximate surface area is 190 Å². The summed E-state index contributed by atoms with van der Waals surface area (Å²) in [7, 11) is 1.76. The fourth-order valence-electron chi connectivity index (χ4n) is 5.53. The van der Waals surface area contributed by atoms with E-state index in [0.29, 0.717) is 19.0 Å². The van der Waals surface area contributed by atoms with Crippen LogP contribution in [0.5, 0.6) is 0 Å². The molecule has 4 aliphatic rings. The molecule has 0 aromatic heterocycles. The van der Waals surface area contributed by atoms with Crippen LogP contribution in [0.4, 0.5) is 0 Å². The maximum Gasteiger partial charge on any atom is 0.233 e. The van der Waals surface area contributed by atoms with Crippen molar-refractivity contribution in [2.45, 2.75) is 26.2 Å².